The normalized spacial score (nSPS) is 13.2. The number of hydrogen-bond acceptors (Lipinski definition) is 0. The van der Waals surface area contributed by atoms with Gasteiger partial charge in [0.2, 0.25) is 0 Å². The third kappa shape index (κ3) is 10.9. The summed E-state index contributed by atoms with van der Waals surface area (Å²) in [6.07, 6.45) is 10.7. The van der Waals surface area contributed by atoms with Gasteiger partial charge in [0.15, 0.2) is 0 Å². The molecule has 0 heterocycles. The van der Waals surface area contributed by atoms with E-state index in [0.29, 0.717) is 5.41 Å². The van der Waals surface area contributed by atoms with Gasteiger partial charge in [-0.3, -0.25) is 6.08 Å². The molecule has 0 saturated heterocycles. The predicted octanol–water partition coefficient (Wildman–Crippen LogP) is 3.96. The average Bonchev–Trinajstić information content (AvgIpc) is 3.52. The second kappa shape index (κ2) is 15.8. The summed E-state index contributed by atoms with van der Waals surface area (Å²) in [6.45, 7) is 20.3. The van der Waals surface area contributed by atoms with E-state index in [1.165, 1.54) is 68.8 Å². The van der Waals surface area contributed by atoms with Crippen LogP contribution in [0.15, 0.2) is 78.4 Å². The van der Waals surface area contributed by atoms with E-state index in [-0.39, 0.29) is 35.6 Å². The molecule has 3 aromatic carbocycles. The molecule has 2 aliphatic rings. The van der Waals surface area contributed by atoms with Crippen LogP contribution in [0.1, 0.15) is 96.6 Å². The van der Waals surface area contributed by atoms with Crippen LogP contribution in [-0.2, 0) is 47.9 Å². The Kier molecular flexibility index (Phi) is 14.5. The van der Waals surface area contributed by atoms with Gasteiger partial charge in [-0.1, -0.05) is 91.5 Å². The van der Waals surface area contributed by atoms with Crippen molar-refractivity contribution in [1.29, 1.82) is 0 Å². The summed E-state index contributed by atoms with van der Waals surface area (Å²) in [5, 5.41) is 0. The summed E-state index contributed by atoms with van der Waals surface area (Å²) in [4.78, 5) is 0. The molecule has 0 radical (unpaired) electrons. The van der Waals surface area contributed by atoms with Crippen LogP contribution in [0.25, 0.3) is 11.1 Å². The van der Waals surface area contributed by atoms with E-state index in [1.54, 1.807) is 0 Å². The van der Waals surface area contributed by atoms with Gasteiger partial charge < -0.3 is 24.8 Å². The van der Waals surface area contributed by atoms with Crippen LogP contribution in [0.4, 0.5) is 0 Å². The van der Waals surface area contributed by atoms with Crippen LogP contribution < -0.4 is 24.8 Å². The molecular formula is C38H46Cl2Zr-2. The molecule has 2 aliphatic carbocycles. The van der Waals surface area contributed by atoms with Crippen LogP contribution in [0.2, 0.25) is 0 Å². The molecule has 5 rings (SSSR count). The van der Waals surface area contributed by atoms with Crippen molar-refractivity contribution in [3.05, 3.63) is 118 Å². The summed E-state index contributed by atoms with van der Waals surface area (Å²) in [7, 11) is 0. The van der Waals surface area contributed by atoms with Crippen molar-refractivity contribution >= 4 is 3.71 Å². The Morgan fingerprint density at radius 2 is 1.39 bits per heavy atom. The fourth-order valence-electron chi connectivity index (χ4n) is 4.68. The SMILES string of the molecule is CC(C)(C)C1=CC[C-]=C1.CC(C)(C)c1[c-]c2c(cc1)-c1ccc(C(C)(C)C)cc1C2.[Cl-].[Cl-].[Zr+2]=[CH]Cc1ccccc1. The molecule has 0 N–H and O–H groups in total. The zero-order chi connectivity index (χ0) is 28.8. The fraction of sp³-hybridized carbons (Fsp3) is 0.395. The van der Waals surface area contributed by atoms with Crippen molar-refractivity contribution in [2.24, 2.45) is 5.41 Å². The first-order chi connectivity index (χ1) is 18.2. The van der Waals surface area contributed by atoms with E-state index in [4.69, 9.17) is 0 Å². The third-order valence-corrected chi connectivity index (χ3v) is 7.71. The molecule has 41 heavy (non-hydrogen) atoms. The van der Waals surface area contributed by atoms with Crippen LogP contribution in [0, 0.1) is 17.6 Å². The molecular weight excluding hydrogens is 619 g/mol. The first kappa shape index (κ1) is 37.5. The maximum absolute atomic E-state index is 3.67. The number of fused-ring (bicyclic) bond motifs is 3. The van der Waals surface area contributed by atoms with Gasteiger partial charge in [0.25, 0.3) is 0 Å². The first-order valence-electron chi connectivity index (χ1n) is 14.2. The van der Waals surface area contributed by atoms with Gasteiger partial charge >= 0.3 is 70.3 Å². The average molecular weight is 665 g/mol. The Balaban J connectivity index is 0.000000351. The molecule has 0 spiro atoms. The van der Waals surface area contributed by atoms with E-state index in [0.717, 1.165) is 19.3 Å². The van der Waals surface area contributed by atoms with Crippen LogP contribution in [0.3, 0.4) is 0 Å². The van der Waals surface area contributed by atoms with Crippen LogP contribution in [0.5, 0.6) is 0 Å². The number of hydrogen-bond donors (Lipinski definition) is 0. The molecule has 0 aromatic heterocycles. The van der Waals surface area contributed by atoms with Gasteiger partial charge in [0.1, 0.15) is 0 Å². The number of benzene rings is 3. The molecule has 0 saturated carbocycles. The summed E-state index contributed by atoms with van der Waals surface area (Å²) < 4.78 is 2.25. The number of allylic oxidation sites excluding steroid dienone is 4. The molecule has 0 atom stereocenters. The monoisotopic (exact) mass is 662 g/mol. The first-order valence-corrected chi connectivity index (χ1v) is 15.6. The summed E-state index contributed by atoms with van der Waals surface area (Å²) in [6, 6.07) is 25.7. The maximum atomic E-state index is 3.67. The fourth-order valence-corrected chi connectivity index (χ4v) is 5.26. The zero-order valence-electron chi connectivity index (χ0n) is 26.4. The van der Waals surface area contributed by atoms with Crippen LogP contribution in [-0.4, -0.2) is 3.71 Å². The minimum atomic E-state index is 0. The Hall–Kier alpha value is -1.53. The van der Waals surface area contributed by atoms with Gasteiger partial charge in [-0.2, -0.15) is 35.4 Å². The molecule has 3 aromatic rings. The van der Waals surface area contributed by atoms with Crippen molar-refractivity contribution in [3.8, 4) is 11.1 Å². The third-order valence-electron chi connectivity index (χ3n) is 7.21. The standard InChI is InChI=1S/C21H25.C9H13.C8H8.2ClH.Zr/c1-20(2,3)16-7-9-18-14(12-16)11-15-13-17(21(4,5)6)8-10-19(15)18;1-9(2,3)8-6-4-5-7-8;1-2-8-6-4-3-5-7-8;;;/h7-10,12H,11H2,1-6H3;6-7H,4H2,1-3H3;1,3-7H,2H2;2*1H;/q2*-1;;;;+2/p-2. The van der Waals surface area contributed by atoms with Gasteiger partial charge in [-0.25, -0.2) is 6.08 Å². The molecule has 3 heteroatoms. The minimum absolute atomic E-state index is 0. The predicted molar refractivity (Wildman–Crippen MR) is 167 cm³/mol. The topological polar surface area (TPSA) is 0 Å². The number of halogens is 2. The molecule has 0 amide bonds. The van der Waals surface area contributed by atoms with Gasteiger partial charge in [0.05, 0.1) is 0 Å². The summed E-state index contributed by atoms with van der Waals surface area (Å²) in [5.41, 5.74) is 11.9. The molecule has 0 unspecified atom stereocenters. The van der Waals surface area contributed by atoms with Crippen LogP contribution >= 0.6 is 0 Å². The Labute approximate surface area is 278 Å². The summed E-state index contributed by atoms with van der Waals surface area (Å²) in [5.74, 6) is 0. The van der Waals surface area contributed by atoms with E-state index >= 15 is 0 Å². The van der Waals surface area contributed by atoms with E-state index in [1.807, 2.05) is 6.07 Å². The van der Waals surface area contributed by atoms with Crippen molar-refractivity contribution in [3.63, 3.8) is 0 Å². The van der Waals surface area contributed by atoms with Gasteiger partial charge in [-0.15, -0.1) is 17.5 Å². The van der Waals surface area contributed by atoms with Crippen molar-refractivity contribution in [2.45, 2.75) is 92.4 Å². The molecule has 0 aliphatic heterocycles. The van der Waals surface area contributed by atoms with Gasteiger partial charge in [0, 0.05) is 0 Å². The quantitative estimate of drug-likeness (QED) is 0.285. The molecule has 0 fully saturated rings. The second-order valence-corrected chi connectivity index (χ2v) is 14.7. The van der Waals surface area contributed by atoms with E-state index in [9.17, 15) is 0 Å². The molecule has 218 valence electrons. The second-order valence-electron chi connectivity index (χ2n) is 13.7. The van der Waals surface area contributed by atoms with Crippen molar-refractivity contribution in [2.75, 3.05) is 0 Å². The summed E-state index contributed by atoms with van der Waals surface area (Å²) >= 11 is 1.51. The molecule has 0 bridgehead atoms. The zero-order valence-corrected chi connectivity index (χ0v) is 30.4. The Bertz CT molecular complexity index is 1270. The van der Waals surface area contributed by atoms with E-state index in [2.05, 4.69) is 145 Å². The van der Waals surface area contributed by atoms with Crippen molar-refractivity contribution in [1.82, 2.24) is 0 Å². The molecule has 0 nitrogen and oxygen atoms in total. The van der Waals surface area contributed by atoms with Crippen molar-refractivity contribution < 1.29 is 49.0 Å². The number of rotatable bonds is 2. The van der Waals surface area contributed by atoms with Gasteiger partial charge in [-0.05, 0) is 28.4 Å². The van der Waals surface area contributed by atoms with E-state index < -0.39 is 0 Å². The Morgan fingerprint density at radius 1 is 0.756 bits per heavy atom. The Morgan fingerprint density at radius 3 is 1.88 bits per heavy atom.